The summed E-state index contributed by atoms with van der Waals surface area (Å²) in [5.41, 5.74) is 3.92. The fourth-order valence-electron chi connectivity index (χ4n) is 3.23. The molecule has 0 amide bonds. The number of nitrogens with one attached hydrogen (secondary N) is 1. The van der Waals surface area contributed by atoms with Gasteiger partial charge in [-0.25, -0.2) is 9.97 Å². The molecule has 0 atom stereocenters. The van der Waals surface area contributed by atoms with E-state index in [-0.39, 0.29) is 0 Å². The highest BCUT2D eigenvalue weighted by atomic mass is 16.5. The Balaban J connectivity index is 1.88. The Labute approximate surface area is 153 Å². The molecule has 3 heterocycles. The minimum Gasteiger partial charge on any atom is -0.378 e. The monoisotopic (exact) mass is 346 g/mol. The highest BCUT2D eigenvalue weighted by molar-refractivity contribution is 5.93. The van der Waals surface area contributed by atoms with Crippen LogP contribution in [0.25, 0.3) is 27.7 Å². The van der Waals surface area contributed by atoms with Crippen molar-refractivity contribution < 1.29 is 4.74 Å². The number of hydrogen-bond donors (Lipinski definition) is 1. The van der Waals surface area contributed by atoms with Crippen molar-refractivity contribution in [2.75, 3.05) is 31.2 Å². The summed E-state index contributed by atoms with van der Waals surface area (Å²) in [4.78, 5) is 15.1. The van der Waals surface area contributed by atoms with Gasteiger partial charge in [-0.05, 0) is 31.2 Å². The SMILES string of the molecule is C=C(C=CC)c1nc(N2CCOCC2)c2ccc(-c3ccc[nH]3)cc2n1. The molecule has 1 aliphatic heterocycles. The minimum absolute atomic E-state index is 0.667. The first-order chi connectivity index (χ1) is 12.8. The summed E-state index contributed by atoms with van der Waals surface area (Å²) < 4.78 is 5.50. The Hall–Kier alpha value is -2.92. The lowest BCUT2D eigenvalue weighted by Crippen LogP contribution is -2.37. The molecule has 5 nitrogen and oxygen atoms in total. The van der Waals surface area contributed by atoms with Gasteiger partial charge in [0.15, 0.2) is 5.82 Å². The van der Waals surface area contributed by atoms with E-state index in [1.54, 1.807) is 0 Å². The third kappa shape index (κ3) is 3.13. The zero-order valence-corrected chi connectivity index (χ0v) is 14.9. The molecular formula is C21H22N4O. The molecule has 0 radical (unpaired) electrons. The average molecular weight is 346 g/mol. The van der Waals surface area contributed by atoms with Gasteiger partial charge in [0, 0.05) is 41.5 Å². The van der Waals surface area contributed by atoms with E-state index in [1.807, 2.05) is 31.3 Å². The Kier molecular flexibility index (Phi) is 4.54. The zero-order chi connectivity index (χ0) is 17.9. The van der Waals surface area contributed by atoms with Gasteiger partial charge in [-0.3, -0.25) is 0 Å². The summed E-state index contributed by atoms with van der Waals surface area (Å²) in [6.45, 7) is 9.20. The van der Waals surface area contributed by atoms with Crippen molar-refractivity contribution in [3.63, 3.8) is 0 Å². The standard InChI is InChI=1S/C21H22N4O/c1-3-5-15(2)20-23-19-14-16(18-6-4-9-22-18)7-8-17(19)21(24-20)25-10-12-26-13-11-25/h3-9,14,22H,2,10-13H2,1H3. The summed E-state index contributed by atoms with van der Waals surface area (Å²) in [6.07, 6.45) is 5.83. The van der Waals surface area contributed by atoms with Crippen LogP contribution in [0.2, 0.25) is 0 Å². The first-order valence-corrected chi connectivity index (χ1v) is 8.86. The number of ether oxygens (including phenoxy) is 1. The van der Waals surface area contributed by atoms with E-state index in [9.17, 15) is 0 Å². The van der Waals surface area contributed by atoms with Crippen LogP contribution in [0, 0.1) is 0 Å². The number of morpholine rings is 1. The molecule has 1 saturated heterocycles. The van der Waals surface area contributed by atoms with Crippen LogP contribution in [0.15, 0.2) is 55.3 Å². The van der Waals surface area contributed by atoms with E-state index in [0.717, 1.165) is 59.9 Å². The number of fused-ring (bicyclic) bond motifs is 1. The molecule has 1 aromatic carbocycles. The molecule has 3 aromatic rings. The predicted octanol–water partition coefficient (Wildman–Crippen LogP) is 4.05. The maximum Gasteiger partial charge on any atom is 0.161 e. The van der Waals surface area contributed by atoms with Crippen LogP contribution in [0.4, 0.5) is 5.82 Å². The Bertz CT molecular complexity index is 954. The van der Waals surface area contributed by atoms with E-state index in [1.165, 1.54) is 0 Å². The number of rotatable bonds is 4. The molecule has 0 spiro atoms. The predicted molar refractivity (Wildman–Crippen MR) is 106 cm³/mol. The van der Waals surface area contributed by atoms with Crippen molar-refractivity contribution in [3.8, 4) is 11.3 Å². The van der Waals surface area contributed by atoms with Crippen molar-refractivity contribution in [2.24, 2.45) is 0 Å². The quantitative estimate of drug-likeness (QED) is 0.724. The van der Waals surface area contributed by atoms with Crippen molar-refractivity contribution in [1.29, 1.82) is 0 Å². The second-order valence-corrected chi connectivity index (χ2v) is 6.31. The van der Waals surface area contributed by atoms with Gasteiger partial charge in [0.1, 0.15) is 5.82 Å². The summed E-state index contributed by atoms with van der Waals surface area (Å²) in [7, 11) is 0. The van der Waals surface area contributed by atoms with Gasteiger partial charge in [-0.1, -0.05) is 24.8 Å². The van der Waals surface area contributed by atoms with Gasteiger partial charge in [-0.2, -0.15) is 0 Å². The van der Waals surface area contributed by atoms with E-state index in [4.69, 9.17) is 14.7 Å². The first kappa shape index (κ1) is 16.5. The highest BCUT2D eigenvalue weighted by Gasteiger charge is 2.18. The first-order valence-electron chi connectivity index (χ1n) is 8.86. The Morgan fingerprint density at radius 1 is 1.23 bits per heavy atom. The van der Waals surface area contributed by atoms with Gasteiger partial charge in [-0.15, -0.1) is 0 Å². The molecular weight excluding hydrogens is 324 g/mol. The molecule has 0 aliphatic carbocycles. The second kappa shape index (κ2) is 7.14. The van der Waals surface area contributed by atoms with Crippen molar-refractivity contribution in [1.82, 2.24) is 15.0 Å². The summed E-state index contributed by atoms with van der Waals surface area (Å²) in [5, 5.41) is 1.05. The molecule has 1 aliphatic rings. The van der Waals surface area contributed by atoms with Crippen LogP contribution in [0.1, 0.15) is 12.7 Å². The normalized spacial score (nSPS) is 15.0. The fourth-order valence-corrected chi connectivity index (χ4v) is 3.23. The van der Waals surface area contributed by atoms with Crippen molar-refractivity contribution in [3.05, 3.63) is 61.1 Å². The molecule has 132 valence electrons. The Morgan fingerprint density at radius 2 is 2.08 bits per heavy atom. The van der Waals surface area contributed by atoms with E-state index in [0.29, 0.717) is 5.82 Å². The maximum atomic E-state index is 5.50. The number of hydrogen-bond acceptors (Lipinski definition) is 4. The van der Waals surface area contributed by atoms with Gasteiger partial charge in [0.25, 0.3) is 0 Å². The number of H-pyrrole nitrogens is 1. The fraction of sp³-hybridized carbons (Fsp3) is 0.238. The highest BCUT2D eigenvalue weighted by Crippen LogP contribution is 2.30. The van der Waals surface area contributed by atoms with E-state index in [2.05, 4.69) is 40.7 Å². The van der Waals surface area contributed by atoms with Gasteiger partial charge in [0.05, 0.1) is 18.7 Å². The molecule has 26 heavy (non-hydrogen) atoms. The van der Waals surface area contributed by atoms with Crippen molar-refractivity contribution in [2.45, 2.75) is 6.92 Å². The molecule has 1 N–H and O–H groups in total. The molecule has 0 unspecified atom stereocenters. The lowest BCUT2D eigenvalue weighted by Gasteiger charge is -2.29. The molecule has 4 rings (SSSR count). The van der Waals surface area contributed by atoms with E-state index < -0.39 is 0 Å². The summed E-state index contributed by atoms with van der Waals surface area (Å²) >= 11 is 0. The lowest BCUT2D eigenvalue weighted by atomic mass is 10.1. The Morgan fingerprint density at radius 3 is 2.81 bits per heavy atom. The topological polar surface area (TPSA) is 54.0 Å². The molecule has 0 bridgehead atoms. The van der Waals surface area contributed by atoms with Crippen LogP contribution in [0.3, 0.4) is 0 Å². The molecule has 1 fully saturated rings. The van der Waals surface area contributed by atoms with Gasteiger partial charge < -0.3 is 14.6 Å². The van der Waals surface area contributed by atoms with Crippen LogP contribution in [0.5, 0.6) is 0 Å². The number of aromatic amines is 1. The second-order valence-electron chi connectivity index (χ2n) is 6.31. The minimum atomic E-state index is 0.667. The third-order valence-electron chi connectivity index (χ3n) is 4.55. The van der Waals surface area contributed by atoms with Crippen LogP contribution < -0.4 is 4.90 Å². The number of aromatic nitrogens is 3. The van der Waals surface area contributed by atoms with Gasteiger partial charge in [0.2, 0.25) is 0 Å². The number of allylic oxidation sites excluding steroid dienone is 3. The summed E-state index contributed by atoms with van der Waals surface area (Å²) in [6, 6.07) is 10.4. The molecule has 5 heteroatoms. The lowest BCUT2D eigenvalue weighted by molar-refractivity contribution is 0.122. The van der Waals surface area contributed by atoms with Crippen molar-refractivity contribution >= 4 is 22.3 Å². The van der Waals surface area contributed by atoms with E-state index >= 15 is 0 Å². The molecule has 2 aromatic heterocycles. The smallest absolute Gasteiger partial charge is 0.161 e. The number of nitrogens with zero attached hydrogens (tertiary/aromatic N) is 3. The molecule has 0 saturated carbocycles. The third-order valence-corrected chi connectivity index (χ3v) is 4.55. The van der Waals surface area contributed by atoms with Crippen LogP contribution in [-0.4, -0.2) is 41.3 Å². The van der Waals surface area contributed by atoms with Gasteiger partial charge >= 0.3 is 0 Å². The number of anilines is 1. The summed E-state index contributed by atoms with van der Waals surface area (Å²) in [5.74, 6) is 1.62. The maximum absolute atomic E-state index is 5.50. The zero-order valence-electron chi connectivity index (χ0n) is 14.9. The average Bonchev–Trinajstić information content (AvgIpc) is 3.22. The van der Waals surface area contributed by atoms with Crippen LogP contribution >= 0.6 is 0 Å². The van der Waals surface area contributed by atoms with Crippen LogP contribution in [-0.2, 0) is 4.74 Å². The largest absolute Gasteiger partial charge is 0.378 e. The number of benzene rings is 1.